The zero-order valence-electron chi connectivity index (χ0n) is 17.3. The van der Waals surface area contributed by atoms with Crippen molar-refractivity contribution in [1.29, 1.82) is 0 Å². The van der Waals surface area contributed by atoms with Gasteiger partial charge in [0.15, 0.2) is 5.82 Å². The Bertz CT molecular complexity index is 1290. The minimum absolute atomic E-state index is 0. The molecule has 0 atom stereocenters. The van der Waals surface area contributed by atoms with E-state index in [0.717, 1.165) is 16.7 Å². The molecule has 166 valence electrons. The number of anilines is 1. The molecule has 1 aliphatic heterocycles. The van der Waals surface area contributed by atoms with Crippen LogP contribution in [0.25, 0.3) is 22.4 Å². The second kappa shape index (κ2) is 9.22. The quantitative estimate of drug-likeness (QED) is 0.362. The van der Waals surface area contributed by atoms with Crippen molar-refractivity contribution in [3.63, 3.8) is 0 Å². The van der Waals surface area contributed by atoms with Crippen molar-refractivity contribution in [3.8, 4) is 22.4 Å². The molecule has 3 heterocycles. The Balaban J connectivity index is 0.00000259. The first kappa shape index (κ1) is 22.2. The molecule has 0 radical (unpaired) electrons. The summed E-state index contributed by atoms with van der Waals surface area (Å²) in [5, 5.41) is 6.02. The molecule has 0 aliphatic carbocycles. The Morgan fingerprint density at radius 3 is 2.27 bits per heavy atom. The smallest absolute Gasteiger partial charge is 0.283 e. The van der Waals surface area contributed by atoms with Gasteiger partial charge in [0.1, 0.15) is 11.5 Å². The van der Waals surface area contributed by atoms with Crippen LogP contribution in [0.1, 0.15) is 10.4 Å². The average molecular weight is 464 g/mol. The van der Waals surface area contributed by atoms with Crippen molar-refractivity contribution in [1.82, 2.24) is 19.8 Å². The van der Waals surface area contributed by atoms with Crippen LogP contribution in [0.15, 0.2) is 79.1 Å². The van der Waals surface area contributed by atoms with E-state index in [1.165, 1.54) is 17.1 Å². The Hall–Kier alpha value is -4.04. The molecule has 0 bridgehead atoms. The van der Waals surface area contributed by atoms with Gasteiger partial charge < -0.3 is 0 Å². The number of ketones is 1. The lowest BCUT2D eigenvalue weighted by Crippen LogP contribution is -2.46. The van der Waals surface area contributed by atoms with E-state index in [9.17, 15) is 14.0 Å². The average Bonchev–Trinajstić information content (AvgIpc) is 3.23. The maximum Gasteiger partial charge on any atom is 0.313 e. The molecule has 5 rings (SSSR count). The monoisotopic (exact) mass is 463 g/mol. The Morgan fingerprint density at radius 1 is 0.879 bits per heavy atom. The number of fused-ring (bicyclic) bond motifs is 1. The number of rotatable bonds is 4. The second-order valence-electron chi connectivity index (χ2n) is 7.30. The van der Waals surface area contributed by atoms with Gasteiger partial charge in [0.2, 0.25) is 0 Å². The lowest BCUT2D eigenvalue weighted by atomic mass is 10.0. The third-order valence-corrected chi connectivity index (χ3v) is 5.29. The van der Waals surface area contributed by atoms with Gasteiger partial charge in [0.25, 0.3) is 5.78 Å². The molecular formula is C24H19ClFN5O2. The van der Waals surface area contributed by atoms with Crippen molar-refractivity contribution in [2.75, 3.05) is 12.0 Å². The number of aromatic nitrogens is 3. The number of hydrazine groups is 1. The summed E-state index contributed by atoms with van der Waals surface area (Å²) in [6.07, 6.45) is 3.33. The number of halogens is 2. The summed E-state index contributed by atoms with van der Waals surface area (Å²) < 4.78 is 15.2. The molecule has 1 aliphatic rings. The number of carbonyl (C=O) groups is 2. The third-order valence-electron chi connectivity index (χ3n) is 5.29. The zero-order chi connectivity index (χ0) is 22.1. The highest BCUT2D eigenvalue weighted by Crippen LogP contribution is 2.39. The fraction of sp³-hybridized carbons (Fsp3) is 0.0833. The van der Waals surface area contributed by atoms with Crippen LogP contribution in [0.4, 0.5) is 10.2 Å². The van der Waals surface area contributed by atoms with Gasteiger partial charge in [-0.3, -0.25) is 20.0 Å². The summed E-state index contributed by atoms with van der Waals surface area (Å²) in [6.45, 7) is 0.667. The summed E-state index contributed by atoms with van der Waals surface area (Å²) in [5.74, 6) is -0.989. The zero-order valence-corrected chi connectivity index (χ0v) is 18.1. The topological polar surface area (TPSA) is 80.1 Å². The number of carbonyl (C=O) groups excluding carboxylic acids is 2. The number of Topliss-reactive ketones (excluding diaryl/α,β-unsaturated/α-hetero) is 1. The van der Waals surface area contributed by atoms with Gasteiger partial charge in [-0.05, 0) is 42.0 Å². The molecule has 2 aromatic carbocycles. The molecule has 7 nitrogen and oxygen atoms in total. The molecule has 1 N–H and O–H groups in total. The van der Waals surface area contributed by atoms with Crippen LogP contribution in [0.2, 0.25) is 0 Å². The van der Waals surface area contributed by atoms with Crippen LogP contribution in [0.3, 0.4) is 0 Å². The molecule has 33 heavy (non-hydrogen) atoms. The predicted octanol–water partition coefficient (Wildman–Crippen LogP) is 4.23. The number of nitrogens with zero attached hydrogens (tertiary/aromatic N) is 4. The van der Waals surface area contributed by atoms with E-state index in [4.69, 9.17) is 5.10 Å². The van der Waals surface area contributed by atoms with E-state index >= 15 is 0 Å². The molecule has 0 saturated heterocycles. The molecule has 4 aromatic rings. The van der Waals surface area contributed by atoms with Crippen LogP contribution in [0, 0.1) is 5.82 Å². The largest absolute Gasteiger partial charge is 0.313 e. The fourth-order valence-corrected chi connectivity index (χ4v) is 3.71. The van der Waals surface area contributed by atoms with Crippen LogP contribution in [-0.4, -0.2) is 38.0 Å². The SMILES string of the molecule is Cl.O=C(C(=O)N1CCn2nc(-c3ccc(F)cc3)c(-c3ccncc3)c2N1)c1ccccc1. The highest BCUT2D eigenvalue weighted by molar-refractivity contribution is 6.42. The van der Waals surface area contributed by atoms with Crippen molar-refractivity contribution >= 4 is 29.9 Å². The van der Waals surface area contributed by atoms with Gasteiger partial charge in [0, 0.05) is 23.5 Å². The number of benzene rings is 2. The predicted molar refractivity (Wildman–Crippen MR) is 124 cm³/mol. The standard InChI is InChI=1S/C24H18FN5O2.ClH/c25-19-8-6-17(7-9-19)21-20(16-10-12-26-13-11-16)23-28-30(15-14-29(23)27-21)24(32)22(31)18-4-2-1-3-5-18;/h1-13,28H,14-15H2;1H. The molecule has 0 saturated carbocycles. The second-order valence-corrected chi connectivity index (χ2v) is 7.30. The molecule has 0 unspecified atom stereocenters. The van der Waals surface area contributed by atoms with Crippen molar-refractivity contribution in [2.24, 2.45) is 0 Å². The Labute approximate surface area is 195 Å². The lowest BCUT2D eigenvalue weighted by molar-refractivity contribution is -0.125. The van der Waals surface area contributed by atoms with Crippen molar-refractivity contribution < 1.29 is 14.0 Å². The number of hydrogen-bond donors (Lipinski definition) is 1. The van der Waals surface area contributed by atoms with Crippen LogP contribution >= 0.6 is 12.4 Å². The van der Waals surface area contributed by atoms with Crippen molar-refractivity contribution in [3.05, 3.63) is 90.5 Å². The van der Waals surface area contributed by atoms with E-state index in [1.807, 2.05) is 12.1 Å². The van der Waals surface area contributed by atoms with Crippen LogP contribution in [0.5, 0.6) is 0 Å². The number of hydrogen-bond acceptors (Lipinski definition) is 5. The number of amides is 1. The van der Waals surface area contributed by atoms with E-state index in [1.54, 1.807) is 59.5 Å². The first-order chi connectivity index (χ1) is 15.6. The first-order valence-corrected chi connectivity index (χ1v) is 10.1. The highest BCUT2D eigenvalue weighted by Gasteiger charge is 2.30. The molecule has 2 aromatic heterocycles. The normalized spacial score (nSPS) is 12.3. The molecular weight excluding hydrogens is 445 g/mol. The molecule has 1 amide bonds. The highest BCUT2D eigenvalue weighted by atomic mass is 35.5. The van der Waals surface area contributed by atoms with Gasteiger partial charge in [-0.25, -0.2) is 14.1 Å². The summed E-state index contributed by atoms with van der Waals surface area (Å²) in [5.41, 5.74) is 6.37. The molecule has 0 spiro atoms. The van der Waals surface area contributed by atoms with E-state index in [-0.39, 0.29) is 24.8 Å². The molecule has 0 fully saturated rings. The van der Waals surface area contributed by atoms with E-state index < -0.39 is 11.7 Å². The summed E-state index contributed by atoms with van der Waals surface area (Å²) in [7, 11) is 0. The fourth-order valence-electron chi connectivity index (χ4n) is 3.71. The Morgan fingerprint density at radius 2 is 1.58 bits per heavy atom. The Kier molecular flexibility index (Phi) is 6.19. The minimum Gasteiger partial charge on any atom is -0.283 e. The summed E-state index contributed by atoms with van der Waals surface area (Å²) in [4.78, 5) is 29.6. The number of nitrogens with one attached hydrogen (secondary N) is 1. The summed E-state index contributed by atoms with van der Waals surface area (Å²) in [6, 6.07) is 18.2. The number of pyridine rings is 1. The summed E-state index contributed by atoms with van der Waals surface area (Å²) >= 11 is 0. The maximum atomic E-state index is 13.5. The molecule has 9 heteroatoms. The van der Waals surface area contributed by atoms with Gasteiger partial charge in [-0.1, -0.05) is 30.3 Å². The maximum absolute atomic E-state index is 13.5. The first-order valence-electron chi connectivity index (χ1n) is 10.1. The third kappa shape index (κ3) is 4.20. The van der Waals surface area contributed by atoms with Gasteiger partial charge >= 0.3 is 5.91 Å². The lowest BCUT2D eigenvalue weighted by Gasteiger charge is -2.29. The van der Waals surface area contributed by atoms with Crippen LogP contribution < -0.4 is 5.43 Å². The van der Waals surface area contributed by atoms with Gasteiger partial charge in [0.05, 0.1) is 18.7 Å². The van der Waals surface area contributed by atoms with E-state index in [0.29, 0.717) is 23.6 Å². The van der Waals surface area contributed by atoms with Gasteiger partial charge in [-0.2, -0.15) is 5.10 Å². The van der Waals surface area contributed by atoms with E-state index in [2.05, 4.69) is 10.4 Å². The van der Waals surface area contributed by atoms with Gasteiger partial charge in [-0.15, -0.1) is 12.4 Å². The van der Waals surface area contributed by atoms with Crippen LogP contribution in [-0.2, 0) is 11.3 Å². The minimum atomic E-state index is -0.646. The van der Waals surface area contributed by atoms with Crippen molar-refractivity contribution in [2.45, 2.75) is 6.54 Å².